The number of hydrogen-bond donors (Lipinski definition) is 1. The summed E-state index contributed by atoms with van der Waals surface area (Å²) in [6.45, 7) is 5.77. The van der Waals surface area contributed by atoms with Crippen LogP contribution in [0.5, 0.6) is 0 Å². The number of hydrogen-bond acceptors (Lipinski definition) is 4. The number of nitrogens with zero attached hydrogens (tertiary/aromatic N) is 2. The third-order valence-electron chi connectivity index (χ3n) is 5.15. The first-order chi connectivity index (χ1) is 15.9. The number of sulfonamides is 1. The summed E-state index contributed by atoms with van der Waals surface area (Å²) in [5, 5.41) is 3.67. The molecule has 0 radical (unpaired) electrons. The first-order valence-corrected chi connectivity index (χ1v) is 13.6. The molecule has 0 fully saturated rings. The van der Waals surface area contributed by atoms with E-state index in [9.17, 15) is 18.0 Å². The average molecular weight is 529 g/mol. The lowest BCUT2D eigenvalue weighted by Crippen LogP contribution is -2.52. The molecule has 1 atom stereocenters. The van der Waals surface area contributed by atoms with Gasteiger partial charge < -0.3 is 10.2 Å². The predicted molar refractivity (Wildman–Crippen MR) is 138 cm³/mol. The van der Waals surface area contributed by atoms with Crippen molar-refractivity contribution in [2.75, 3.05) is 23.7 Å². The second-order valence-corrected chi connectivity index (χ2v) is 11.2. The Kier molecular flexibility index (Phi) is 10.2. The molecule has 2 amide bonds. The van der Waals surface area contributed by atoms with E-state index < -0.39 is 28.5 Å². The number of benzene rings is 2. The zero-order chi connectivity index (χ0) is 25.5. The highest BCUT2D eigenvalue weighted by Crippen LogP contribution is 2.25. The standard InChI is InChI=1S/C24H31Cl2N3O4S/c1-5-22(24(31)27-14-17(2)3)28(15-18-11-12-19(25)13-21(18)26)23(30)16-29(34(4,32)33)20-9-7-6-8-10-20/h6-13,17,22H,5,14-16H2,1-4H3,(H,27,31)/t22-/m1/s1. The van der Waals surface area contributed by atoms with Crippen LogP contribution in [0.25, 0.3) is 0 Å². The van der Waals surface area contributed by atoms with E-state index in [0.29, 0.717) is 34.3 Å². The van der Waals surface area contributed by atoms with Crippen LogP contribution in [0.3, 0.4) is 0 Å². The molecule has 0 aliphatic carbocycles. The maximum Gasteiger partial charge on any atom is 0.244 e. The van der Waals surface area contributed by atoms with Gasteiger partial charge in [-0.15, -0.1) is 0 Å². The van der Waals surface area contributed by atoms with Crippen LogP contribution in [0.15, 0.2) is 48.5 Å². The average Bonchev–Trinajstić information content (AvgIpc) is 2.76. The molecule has 0 heterocycles. The fourth-order valence-electron chi connectivity index (χ4n) is 3.38. The Balaban J connectivity index is 2.43. The summed E-state index contributed by atoms with van der Waals surface area (Å²) >= 11 is 12.4. The monoisotopic (exact) mass is 527 g/mol. The molecule has 2 rings (SSSR count). The molecule has 0 aliphatic rings. The molecule has 0 bridgehead atoms. The molecule has 0 saturated carbocycles. The maximum absolute atomic E-state index is 13.6. The summed E-state index contributed by atoms with van der Waals surface area (Å²) in [5.74, 6) is -0.595. The van der Waals surface area contributed by atoms with Gasteiger partial charge in [0.1, 0.15) is 12.6 Å². The Hall–Kier alpha value is -2.29. The van der Waals surface area contributed by atoms with Gasteiger partial charge in [-0.2, -0.15) is 0 Å². The molecule has 1 N–H and O–H groups in total. The molecular formula is C24H31Cl2N3O4S. The molecule has 0 unspecified atom stereocenters. The van der Waals surface area contributed by atoms with Gasteiger partial charge >= 0.3 is 0 Å². The summed E-state index contributed by atoms with van der Waals surface area (Å²) in [5.41, 5.74) is 0.959. The minimum Gasteiger partial charge on any atom is -0.354 e. The van der Waals surface area contributed by atoms with Crippen molar-refractivity contribution in [2.24, 2.45) is 5.92 Å². The van der Waals surface area contributed by atoms with Crippen LogP contribution in [0.2, 0.25) is 10.0 Å². The lowest BCUT2D eigenvalue weighted by molar-refractivity contribution is -0.140. The summed E-state index contributed by atoms with van der Waals surface area (Å²) in [7, 11) is -3.77. The van der Waals surface area contributed by atoms with Gasteiger partial charge in [0.25, 0.3) is 0 Å². The number of carbonyl (C=O) groups excluding carboxylic acids is 2. The van der Waals surface area contributed by atoms with Crippen LogP contribution in [0.4, 0.5) is 5.69 Å². The van der Waals surface area contributed by atoms with E-state index in [-0.39, 0.29) is 18.4 Å². The molecule has 0 aliphatic heterocycles. The van der Waals surface area contributed by atoms with Gasteiger partial charge in [0.15, 0.2) is 0 Å². The first kappa shape index (κ1) is 28.0. The van der Waals surface area contributed by atoms with Crippen LogP contribution in [-0.4, -0.2) is 50.5 Å². The topological polar surface area (TPSA) is 86.8 Å². The van der Waals surface area contributed by atoms with Crippen molar-refractivity contribution in [1.82, 2.24) is 10.2 Å². The second-order valence-electron chi connectivity index (χ2n) is 8.43. The van der Waals surface area contributed by atoms with Gasteiger partial charge in [-0.05, 0) is 42.2 Å². The molecule has 186 valence electrons. The summed E-state index contributed by atoms with van der Waals surface area (Å²) in [6, 6.07) is 12.5. The zero-order valence-electron chi connectivity index (χ0n) is 19.8. The lowest BCUT2D eigenvalue weighted by Gasteiger charge is -2.33. The molecule has 0 saturated heterocycles. The third kappa shape index (κ3) is 7.89. The number of nitrogens with one attached hydrogen (secondary N) is 1. The van der Waals surface area contributed by atoms with Crippen molar-refractivity contribution < 1.29 is 18.0 Å². The van der Waals surface area contributed by atoms with E-state index in [4.69, 9.17) is 23.2 Å². The van der Waals surface area contributed by atoms with Crippen molar-refractivity contribution >= 4 is 50.7 Å². The summed E-state index contributed by atoms with van der Waals surface area (Å²) < 4.78 is 26.1. The fraction of sp³-hybridized carbons (Fsp3) is 0.417. The van der Waals surface area contributed by atoms with Crippen molar-refractivity contribution in [3.63, 3.8) is 0 Å². The van der Waals surface area contributed by atoms with Crippen LogP contribution in [0.1, 0.15) is 32.8 Å². The fourth-order valence-corrected chi connectivity index (χ4v) is 4.70. The van der Waals surface area contributed by atoms with Gasteiger partial charge in [-0.1, -0.05) is 68.2 Å². The smallest absolute Gasteiger partial charge is 0.244 e. The molecule has 0 aromatic heterocycles. The lowest BCUT2D eigenvalue weighted by atomic mass is 10.1. The Morgan fingerprint density at radius 1 is 1.06 bits per heavy atom. The molecule has 2 aromatic carbocycles. The number of halogens is 2. The molecular weight excluding hydrogens is 497 g/mol. The SMILES string of the molecule is CC[C@H](C(=O)NCC(C)C)N(Cc1ccc(Cl)cc1Cl)C(=O)CN(c1ccccc1)S(C)(=O)=O. The van der Waals surface area contributed by atoms with Crippen molar-refractivity contribution in [3.05, 3.63) is 64.1 Å². The van der Waals surface area contributed by atoms with E-state index in [2.05, 4.69) is 5.32 Å². The van der Waals surface area contributed by atoms with Crippen LogP contribution >= 0.6 is 23.2 Å². The Morgan fingerprint density at radius 3 is 2.24 bits per heavy atom. The van der Waals surface area contributed by atoms with Gasteiger partial charge in [0.2, 0.25) is 21.8 Å². The van der Waals surface area contributed by atoms with Crippen molar-refractivity contribution in [3.8, 4) is 0 Å². The molecule has 0 spiro atoms. The van der Waals surface area contributed by atoms with E-state index >= 15 is 0 Å². The number of carbonyl (C=O) groups is 2. The van der Waals surface area contributed by atoms with E-state index in [0.717, 1.165) is 10.6 Å². The first-order valence-electron chi connectivity index (χ1n) is 11.0. The van der Waals surface area contributed by atoms with Gasteiger partial charge in [0.05, 0.1) is 11.9 Å². The highest BCUT2D eigenvalue weighted by molar-refractivity contribution is 7.92. The Bertz CT molecular complexity index is 1090. The number of amides is 2. The third-order valence-corrected chi connectivity index (χ3v) is 6.88. The molecule has 10 heteroatoms. The van der Waals surface area contributed by atoms with E-state index in [1.54, 1.807) is 55.5 Å². The highest BCUT2D eigenvalue weighted by atomic mass is 35.5. The van der Waals surface area contributed by atoms with Crippen LogP contribution < -0.4 is 9.62 Å². The van der Waals surface area contributed by atoms with Crippen LogP contribution in [0, 0.1) is 5.92 Å². The van der Waals surface area contributed by atoms with E-state index in [1.807, 2.05) is 13.8 Å². The normalized spacial score (nSPS) is 12.3. The molecule has 2 aromatic rings. The van der Waals surface area contributed by atoms with Gasteiger partial charge in [-0.3, -0.25) is 13.9 Å². The quantitative estimate of drug-likeness (QED) is 0.470. The van der Waals surface area contributed by atoms with E-state index in [1.165, 1.54) is 4.90 Å². The zero-order valence-corrected chi connectivity index (χ0v) is 22.1. The van der Waals surface area contributed by atoms with Gasteiger partial charge in [-0.25, -0.2) is 8.42 Å². The minimum absolute atomic E-state index is 0.0227. The summed E-state index contributed by atoms with van der Waals surface area (Å²) in [6.07, 6.45) is 1.38. The number of rotatable bonds is 11. The minimum atomic E-state index is -3.77. The molecule has 7 nitrogen and oxygen atoms in total. The molecule has 34 heavy (non-hydrogen) atoms. The maximum atomic E-state index is 13.6. The van der Waals surface area contributed by atoms with Gasteiger partial charge in [0, 0.05) is 23.1 Å². The number of para-hydroxylation sites is 1. The second kappa shape index (κ2) is 12.4. The van der Waals surface area contributed by atoms with Crippen molar-refractivity contribution in [1.29, 1.82) is 0 Å². The summed E-state index contributed by atoms with van der Waals surface area (Å²) in [4.78, 5) is 28.0. The Morgan fingerprint density at radius 2 is 1.71 bits per heavy atom. The predicted octanol–water partition coefficient (Wildman–Crippen LogP) is 4.34. The number of anilines is 1. The largest absolute Gasteiger partial charge is 0.354 e. The Labute approximate surface area is 212 Å². The van der Waals surface area contributed by atoms with Crippen molar-refractivity contribution in [2.45, 2.75) is 39.8 Å². The highest BCUT2D eigenvalue weighted by Gasteiger charge is 2.32. The van der Waals surface area contributed by atoms with Crippen LogP contribution in [-0.2, 0) is 26.2 Å².